The first-order valence-corrected chi connectivity index (χ1v) is 48.4. The first-order chi connectivity index (χ1) is 60.6. The lowest BCUT2D eigenvalue weighted by molar-refractivity contribution is -0.157. The predicted molar refractivity (Wildman–Crippen MR) is 489 cm³/mol. The van der Waals surface area contributed by atoms with Gasteiger partial charge in [-0.3, -0.25) is 47.3 Å². The number of aliphatic carboxylic acids is 1. The second-order valence-electron chi connectivity index (χ2n) is 38.0. The van der Waals surface area contributed by atoms with Crippen molar-refractivity contribution in [3.63, 3.8) is 0 Å². The van der Waals surface area contributed by atoms with Crippen LogP contribution in [0.2, 0.25) is 10.0 Å². The lowest BCUT2D eigenvalue weighted by atomic mass is 9.77. The Morgan fingerprint density at radius 1 is 0.609 bits per heavy atom. The number of hydrogen-bond donors (Lipinski definition) is 2. The van der Waals surface area contributed by atoms with Crippen molar-refractivity contribution in [3.8, 4) is 38.7 Å². The Kier molecular flexibility index (Phi) is 30.2. The fourth-order valence-electron chi connectivity index (χ4n) is 18.3. The molecule has 0 bridgehead atoms. The van der Waals surface area contributed by atoms with E-state index in [1.165, 1.54) is 64.6 Å². The topological polar surface area (TPSA) is 352 Å². The number of esters is 3. The average Bonchev–Trinajstić information content (AvgIpc) is 1.57. The van der Waals surface area contributed by atoms with Crippen molar-refractivity contribution >= 4 is 141 Å². The number of benzene rings is 3. The summed E-state index contributed by atoms with van der Waals surface area (Å²) in [6.45, 7) is 28.5. The van der Waals surface area contributed by atoms with Gasteiger partial charge in [-0.25, -0.2) is 15.0 Å². The van der Waals surface area contributed by atoms with Gasteiger partial charge in [0, 0.05) is 84.6 Å². The highest BCUT2D eigenvalue weighted by Crippen LogP contribution is 2.59. The van der Waals surface area contributed by atoms with Gasteiger partial charge in [0.15, 0.2) is 17.0 Å². The summed E-state index contributed by atoms with van der Waals surface area (Å²) in [6, 6.07) is 14.2. The first kappa shape index (κ1) is 97.0. The van der Waals surface area contributed by atoms with Gasteiger partial charge < -0.3 is 57.8 Å². The summed E-state index contributed by atoms with van der Waals surface area (Å²) in [6.07, 6.45) is 7.05. The van der Waals surface area contributed by atoms with E-state index in [-0.39, 0.29) is 115 Å². The number of rotatable bonds is 35. The standard InChI is InChI=1S/C44H54ClN3O9S.C33H42BrNO9S.C18H19ClN2O3S/c1-8-26-19-44(26,42(52)53)20-34(49)33-16-28(21-48(33)41(51)30(43(4,5)6)17-37(50)57-27-14-24-13-25(24)15-27)56-36-18-31(40-47-32(22-58-40)23(2)3)46-39-29(36)9-10-35(38(39)45)55-12-11-54-7;1-6-21-16-33(21,31(39)42-5)17-28(36)27-14-24(44-45(40,41)25-9-7-22(34)8-10-25)18-35(27)30(38)26(32(2,3)4)15-29(37)43-23-12-19-11-20(19)13-23;1-10(2)13-9-25-18(21-13)12-8-14(22)11-4-5-15(24-7-6-23-3)16(19)17(11)20-12/h8-10,18,22-28,30,33H,1,11-17,19-21H2,2-7H3,(H,52,53);6-10,19-21,23-24,26-27H,1,11-18H2,2-5H3;4-5,8-10H,6-7H2,1-3H3,(H,20,22)/t24-,25+,26-,27?,28-,30-,33+,44-;19-,20+,21-,23?,24+,26-,27+,33-;/m11./s1. The number of hydrogen-bond acceptors (Lipinski definition) is 25. The monoisotopic (exact) mass is 1920 g/mol. The molecule has 6 aliphatic carbocycles. The number of allylic oxidation sites excluding steroid dienone is 2. The van der Waals surface area contributed by atoms with E-state index in [4.69, 9.17) is 75.2 Å². The Bertz CT molecular complexity index is 5530. The predicted octanol–water partition coefficient (Wildman–Crippen LogP) is 17.4. The molecule has 16 atom stereocenters. The number of pyridine rings is 2. The number of fused-ring (bicyclic) bond motifs is 4. The van der Waals surface area contributed by atoms with Gasteiger partial charge in [-0.05, 0) is 158 Å². The molecule has 27 nitrogen and oxygen atoms in total. The van der Waals surface area contributed by atoms with Crippen molar-refractivity contribution < 1.29 is 94.0 Å². The van der Waals surface area contributed by atoms with Crippen LogP contribution in [0, 0.1) is 69.0 Å². The molecule has 6 saturated carbocycles. The number of aromatic nitrogens is 4. The van der Waals surface area contributed by atoms with Crippen molar-refractivity contribution in [2.75, 3.05) is 60.8 Å². The third-order valence-corrected chi connectivity index (χ3v) is 30.7. The van der Waals surface area contributed by atoms with E-state index >= 15 is 0 Å². The summed E-state index contributed by atoms with van der Waals surface area (Å²) < 4.78 is 77.7. The molecule has 0 spiro atoms. The number of amides is 2. The number of carbonyl (C=O) groups excluding carboxylic acids is 7. The molecule has 2 N–H and O–H groups in total. The molecule has 8 fully saturated rings. The normalized spacial score (nSPS) is 25.2. The van der Waals surface area contributed by atoms with E-state index < -0.39 is 103 Å². The number of carbonyl (C=O) groups is 8. The molecule has 33 heteroatoms. The smallest absolute Gasteiger partial charge is 0.312 e. The Hall–Kier alpha value is -8.53. The van der Waals surface area contributed by atoms with E-state index in [1.54, 1.807) is 68.8 Å². The molecule has 690 valence electrons. The third-order valence-electron chi connectivity index (χ3n) is 26.3. The molecule has 2 unspecified atom stereocenters. The van der Waals surface area contributed by atoms with E-state index in [0.717, 1.165) is 42.1 Å². The second-order valence-corrected chi connectivity index (χ2v) is 43.0. The molecule has 2 saturated heterocycles. The Morgan fingerprint density at radius 3 is 1.56 bits per heavy atom. The Balaban J connectivity index is 0.000000177. The zero-order chi connectivity index (χ0) is 92.6. The number of ether oxygens (including phenoxy) is 8. The van der Waals surface area contributed by atoms with Crippen LogP contribution in [0.5, 0.6) is 17.2 Å². The largest absolute Gasteiger partial charge is 0.490 e. The van der Waals surface area contributed by atoms with Gasteiger partial charge in [0.25, 0.3) is 10.1 Å². The van der Waals surface area contributed by atoms with Crippen LogP contribution in [0.3, 0.4) is 0 Å². The van der Waals surface area contributed by atoms with Crippen LogP contribution in [-0.2, 0) is 76.3 Å². The minimum absolute atomic E-state index is 0.0354. The molecule has 6 heterocycles. The molecule has 2 aliphatic heterocycles. The second kappa shape index (κ2) is 39.9. The van der Waals surface area contributed by atoms with Gasteiger partial charge in [-0.1, -0.05) is 121 Å². The summed E-state index contributed by atoms with van der Waals surface area (Å²) in [5.41, 5.74) is 0.330. The summed E-state index contributed by atoms with van der Waals surface area (Å²) in [5.74, 6) is -1.86. The van der Waals surface area contributed by atoms with Crippen molar-refractivity contribution in [2.45, 2.75) is 212 Å². The third kappa shape index (κ3) is 22.1. The maximum atomic E-state index is 14.8. The number of Topliss-reactive ketones (excluding diaryl/α,β-unsaturated/α-hetero) is 2. The Labute approximate surface area is 773 Å². The van der Waals surface area contributed by atoms with Gasteiger partial charge in [0.1, 0.15) is 74.5 Å². The molecular weight excluding hydrogens is 1810 g/mol. The van der Waals surface area contributed by atoms with Gasteiger partial charge in [0.2, 0.25) is 11.8 Å². The SMILES string of the molecule is C=C[C@@H]1C[C@]1(CC(=O)[C@@H]1C[C@@H](Oc2cc(-c3nc(C(C)C)cs3)nc3c(Cl)c(OCCOC)ccc23)CN1C(=O)[C@@H](CC(=O)OC1C[C@@H]2C[C@@H]2C1)C(C)(C)C)C(=O)O.C=C[C@@H]1C[C@]1(CC(=O)[C@@H]1C[C@H](OS(=O)(=O)c2ccc(Br)cc2)CN1C(=O)[C@@H](CC(=O)OC1C[C@@H]2C[C@@H]2C1)C(C)(C)C)C(=O)OC.COCCOc1ccc2c(=O)cc(-c3nc(C(C)C)cs3)[nH]c2c1Cl. The molecule has 3 aromatic carbocycles. The van der Waals surface area contributed by atoms with Crippen molar-refractivity contribution in [2.24, 2.45) is 69.0 Å². The minimum atomic E-state index is -4.23. The summed E-state index contributed by atoms with van der Waals surface area (Å²) in [5, 5.41) is 17.4. The average molecular weight is 1920 g/mol. The molecule has 15 rings (SSSR count). The molecule has 128 heavy (non-hydrogen) atoms. The summed E-state index contributed by atoms with van der Waals surface area (Å²) in [7, 11) is 0.227. The number of likely N-dealkylation sites (tertiary alicyclic amines) is 2. The zero-order valence-electron chi connectivity index (χ0n) is 74.6. The highest BCUT2D eigenvalue weighted by molar-refractivity contribution is 9.10. The van der Waals surface area contributed by atoms with E-state index in [1.807, 2.05) is 58.4 Å². The number of nitrogens with zero attached hydrogens (tertiary/aromatic N) is 5. The first-order valence-electron chi connectivity index (χ1n) is 43.7. The molecule has 4 aromatic heterocycles. The Morgan fingerprint density at radius 2 is 1.09 bits per heavy atom. The highest BCUT2D eigenvalue weighted by atomic mass is 79.9. The van der Waals surface area contributed by atoms with E-state index in [0.29, 0.717) is 127 Å². The molecular formula is C95H115BrCl2N6O21S3. The number of thiazole rings is 2. The number of carboxylic acids is 1. The lowest BCUT2D eigenvalue weighted by Crippen LogP contribution is -2.48. The quantitative estimate of drug-likeness (QED) is 0.0122. The van der Waals surface area contributed by atoms with E-state index in [2.05, 4.69) is 66.8 Å². The zero-order valence-corrected chi connectivity index (χ0v) is 80.1. The lowest BCUT2D eigenvalue weighted by Gasteiger charge is -2.35. The van der Waals surface area contributed by atoms with Gasteiger partial charge in [-0.15, -0.1) is 35.8 Å². The number of ketones is 2. The number of aromatic amines is 1. The molecule has 8 aliphatic rings. The fourth-order valence-corrected chi connectivity index (χ4v) is 22.1. The number of methoxy groups -OCH3 is 3. The van der Waals surface area contributed by atoms with Crippen LogP contribution >= 0.6 is 61.8 Å². The van der Waals surface area contributed by atoms with Crippen molar-refractivity contribution in [3.05, 3.63) is 133 Å². The van der Waals surface area contributed by atoms with Gasteiger partial charge >= 0.3 is 23.9 Å². The summed E-state index contributed by atoms with van der Waals surface area (Å²) >= 11 is 19.7. The molecule has 0 radical (unpaired) electrons. The highest BCUT2D eigenvalue weighted by Gasteiger charge is 2.63. The van der Waals surface area contributed by atoms with E-state index in [9.17, 15) is 56.7 Å². The van der Waals surface area contributed by atoms with Crippen LogP contribution < -0.4 is 19.6 Å². The molecule has 2 amide bonds. The van der Waals surface area contributed by atoms with Crippen LogP contribution in [0.25, 0.3) is 43.2 Å². The number of H-pyrrole nitrogens is 1. The minimum Gasteiger partial charge on any atom is -0.490 e. The molecule has 7 aromatic rings. The maximum absolute atomic E-state index is 14.8. The van der Waals surface area contributed by atoms with Crippen molar-refractivity contribution in [1.29, 1.82) is 0 Å². The maximum Gasteiger partial charge on any atom is 0.312 e. The number of carboxylic acid groups (broad SMARTS) is 1. The van der Waals surface area contributed by atoms with Crippen LogP contribution in [0.1, 0.15) is 182 Å². The summed E-state index contributed by atoms with van der Waals surface area (Å²) in [4.78, 5) is 142. The van der Waals surface area contributed by atoms with Crippen LogP contribution in [0.15, 0.2) is 111 Å². The fraction of sp³-hybridized carbons (Fsp3) is 0.558. The van der Waals surface area contributed by atoms with Gasteiger partial charge in [0.05, 0.1) is 114 Å². The number of nitrogens with one attached hydrogen (secondary N) is 1. The van der Waals surface area contributed by atoms with Crippen molar-refractivity contribution in [1.82, 2.24) is 29.7 Å². The van der Waals surface area contributed by atoms with Gasteiger partial charge in [-0.2, -0.15) is 8.42 Å². The number of halogens is 3. The van der Waals surface area contributed by atoms with Crippen LogP contribution in [-0.4, -0.2) is 188 Å². The van der Waals surface area contributed by atoms with Crippen LogP contribution in [0.4, 0.5) is 0 Å².